The number of rotatable bonds is 4. The predicted octanol–water partition coefficient (Wildman–Crippen LogP) is 1.94. The summed E-state index contributed by atoms with van der Waals surface area (Å²) in [5, 5.41) is 10.4. The Kier molecular flexibility index (Phi) is 10.5. The average Bonchev–Trinajstić information content (AvgIpc) is 3.39. The second-order valence-electron chi connectivity index (χ2n) is 10.5. The van der Waals surface area contributed by atoms with E-state index in [1.165, 1.54) is 37.4 Å². The Bertz CT molecular complexity index is 1500. The molecule has 3 heterocycles. The molecule has 1 aromatic carbocycles. The quantitative estimate of drug-likeness (QED) is 0.419. The van der Waals surface area contributed by atoms with Gasteiger partial charge in [0.2, 0.25) is 5.91 Å². The Balaban J connectivity index is 1.65. The van der Waals surface area contributed by atoms with Crippen LogP contribution in [0.3, 0.4) is 0 Å². The van der Waals surface area contributed by atoms with Crippen LogP contribution in [0.4, 0.5) is 0 Å². The maximum absolute atomic E-state index is 13.5. The molecule has 1 aliphatic heterocycles. The van der Waals surface area contributed by atoms with Crippen molar-refractivity contribution in [2.45, 2.75) is 39.8 Å². The first-order valence-corrected chi connectivity index (χ1v) is 14.2. The number of benzene rings is 1. The largest absolute Gasteiger partial charge is 0.493 e. The maximum atomic E-state index is 13.5. The van der Waals surface area contributed by atoms with Gasteiger partial charge >= 0.3 is 5.97 Å². The van der Waals surface area contributed by atoms with Crippen molar-refractivity contribution in [3.63, 3.8) is 0 Å². The van der Waals surface area contributed by atoms with E-state index in [0.29, 0.717) is 41.7 Å². The Labute approximate surface area is 255 Å². The van der Waals surface area contributed by atoms with Gasteiger partial charge in [-0.1, -0.05) is 13.8 Å². The fraction of sp³-hybridized carbons (Fsp3) is 0.433. The number of hydrogen-bond donors (Lipinski definition) is 2. The van der Waals surface area contributed by atoms with E-state index >= 15 is 0 Å². The van der Waals surface area contributed by atoms with Crippen molar-refractivity contribution in [2.24, 2.45) is 5.92 Å². The summed E-state index contributed by atoms with van der Waals surface area (Å²) in [6, 6.07) is 7.25. The Morgan fingerprint density at radius 3 is 2.59 bits per heavy atom. The smallest absolute Gasteiger partial charge is 0.339 e. The second-order valence-corrected chi connectivity index (χ2v) is 10.5. The molecule has 0 unspecified atom stereocenters. The first kappa shape index (κ1) is 31.9. The van der Waals surface area contributed by atoms with Crippen molar-refractivity contribution in [1.82, 2.24) is 35.3 Å². The highest BCUT2D eigenvalue weighted by atomic mass is 16.5. The van der Waals surface area contributed by atoms with Crippen LogP contribution in [0.1, 0.15) is 69.2 Å². The van der Waals surface area contributed by atoms with Gasteiger partial charge in [-0.3, -0.25) is 19.4 Å². The summed E-state index contributed by atoms with van der Waals surface area (Å²) in [6.07, 6.45) is 1.60. The van der Waals surface area contributed by atoms with Crippen LogP contribution in [0.2, 0.25) is 0 Å². The third-order valence-electron chi connectivity index (χ3n) is 6.97. The first-order valence-electron chi connectivity index (χ1n) is 14.2. The van der Waals surface area contributed by atoms with Crippen molar-refractivity contribution in [3.05, 3.63) is 65.0 Å². The molecule has 0 spiro atoms. The lowest BCUT2D eigenvalue weighted by Crippen LogP contribution is -2.44. The van der Waals surface area contributed by atoms with Gasteiger partial charge in [-0.15, -0.1) is 0 Å². The fourth-order valence-corrected chi connectivity index (χ4v) is 4.71. The lowest BCUT2D eigenvalue weighted by molar-refractivity contribution is -0.123. The number of amides is 3. The minimum absolute atomic E-state index is 0.0539. The zero-order valence-corrected chi connectivity index (χ0v) is 25.5. The Hall–Kier alpha value is -5.01. The van der Waals surface area contributed by atoms with Crippen molar-refractivity contribution in [3.8, 4) is 11.5 Å². The van der Waals surface area contributed by atoms with E-state index in [1.54, 1.807) is 29.8 Å². The van der Waals surface area contributed by atoms with Crippen LogP contribution in [0.15, 0.2) is 36.5 Å². The zero-order chi connectivity index (χ0) is 31.8. The van der Waals surface area contributed by atoms with Gasteiger partial charge in [0.25, 0.3) is 11.8 Å². The van der Waals surface area contributed by atoms with Crippen LogP contribution in [-0.2, 0) is 16.1 Å². The van der Waals surface area contributed by atoms with E-state index in [1.807, 2.05) is 13.8 Å². The van der Waals surface area contributed by atoms with Gasteiger partial charge in [-0.05, 0) is 49.6 Å². The van der Waals surface area contributed by atoms with E-state index in [2.05, 4.69) is 25.7 Å². The molecule has 44 heavy (non-hydrogen) atoms. The lowest BCUT2D eigenvalue weighted by Gasteiger charge is -2.26. The maximum Gasteiger partial charge on any atom is 0.339 e. The molecule has 1 aliphatic rings. The van der Waals surface area contributed by atoms with Gasteiger partial charge in [-0.2, -0.15) is 5.10 Å². The van der Waals surface area contributed by atoms with Gasteiger partial charge in [-0.25, -0.2) is 14.5 Å². The number of hydrogen-bond acceptors (Lipinski definition) is 10. The third kappa shape index (κ3) is 7.68. The number of nitrogens with one attached hydrogen (secondary N) is 2. The van der Waals surface area contributed by atoms with E-state index in [4.69, 9.17) is 14.2 Å². The number of carbonyl (C=O) groups excluding carboxylic acids is 4. The molecular formula is C30H37N7O7. The summed E-state index contributed by atoms with van der Waals surface area (Å²) < 4.78 is 17.8. The molecule has 2 N–H and O–H groups in total. The van der Waals surface area contributed by atoms with Gasteiger partial charge < -0.3 is 29.7 Å². The summed E-state index contributed by atoms with van der Waals surface area (Å²) in [5.41, 5.74) is 0.620. The number of esters is 1. The van der Waals surface area contributed by atoms with Gasteiger partial charge in [0, 0.05) is 24.8 Å². The number of ether oxygens (including phenoxy) is 3. The summed E-state index contributed by atoms with van der Waals surface area (Å²) in [6.45, 7) is 6.29. The number of pyridine rings is 1. The highest BCUT2D eigenvalue weighted by molar-refractivity contribution is 5.96. The van der Waals surface area contributed by atoms with Crippen LogP contribution in [0.5, 0.6) is 11.5 Å². The molecular weight excluding hydrogens is 570 g/mol. The Morgan fingerprint density at radius 2 is 1.91 bits per heavy atom. The van der Waals surface area contributed by atoms with E-state index in [9.17, 15) is 19.2 Å². The molecule has 0 saturated carbocycles. The summed E-state index contributed by atoms with van der Waals surface area (Å²) >= 11 is 0. The third-order valence-corrected chi connectivity index (χ3v) is 6.97. The number of aryl methyl sites for hydroxylation is 1. The highest BCUT2D eigenvalue weighted by Crippen LogP contribution is 2.28. The highest BCUT2D eigenvalue weighted by Gasteiger charge is 2.27. The topological polar surface area (TPSA) is 167 Å². The zero-order valence-electron chi connectivity index (χ0n) is 25.5. The normalized spacial score (nSPS) is 16.5. The van der Waals surface area contributed by atoms with E-state index < -0.39 is 23.8 Å². The molecule has 2 bridgehead atoms. The summed E-state index contributed by atoms with van der Waals surface area (Å²) in [7, 11) is 2.77. The van der Waals surface area contributed by atoms with E-state index in [-0.39, 0.29) is 49.3 Å². The van der Waals surface area contributed by atoms with Crippen molar-refractivity contribution in [1.29, 1.82) is 0 Å². The molecule has 0 saturated heterocycles. The van der Waals surface area contributed by atoms with Crippen LogP contribution >= 0.6 is 0 Å². The number of carbonyl (C=O) groups is 4. The van der Waals surface area contributed by atoms with Crippen molar-refractivity contribution in [2.75, 3.05) is 40.5 Å². The van der Waals surface area contributed by atoms with Crippen LogP contribution in [-0.4, -0.2) is 88.8 Å². The lowest BCUT2D eigenvalue weighted by atomic mass is 10.0. The van der Waals surface area contributed by atoms with E-state index in [0.717, 1.165) is 0 Å². The van der Waals surface area contributed by atoms with Gasteiger partial charge in [0.05, 0.1) is 38.9 Å². The van der Waals surface area contributed by atoms with Crippen LogP contribution in [0.25, 0.3) is 0 Å². The molecule has 3 amide bonds. The Morgan fingerprint density at radius 1 is 1.11 bits per heavy atom. The molecule has 4 rings (SSSR count). The molecule has 3 aromatic rings. The number of methoxy groups -OCH3 is 2. The minimum Gasteiger partial charge on any atom is -0.493 e. The molecule has 0 radical (unpaired) electrons. The molecule has 1 atom stereocenters. The SMILES string of the molecule is COC(=O)c1ccc(C(=O)N2CCCNC(=O)c3ccc(OC)c(c3)OCCn3nc(C)nc3[C@H](C(C)C)NC(=O)C2)nc1. The number of aromatic nitrogens is 4. The van der Waals surface area contributed by atoms with Crippen molar-refractivity contribution >= 4 is 23.7 Å². The molecule has 2 aromatic heterocycles. The minimum atomic E-state index is -0.582. The van der Waals surface area contributed by atoms with Gasteiger partial charge in [0.1, 0.15) is 23.9 Å². The van der Waals surface area contributed by atoms with Gasteiger partial charge in [0.15, 0.2) is 11.5 Å². The number of nitrogens with zero attached hydrogens (tertiary/aromatic N) is 5. The molecule has 14 nitrogen and oxygen atoms in total. The summed E-state index contributed by atoms with van der Waals surface area (Å²) in [5.74, 6) is 0.0672. The molecule has 0 fully saturated rings. The number of fused-ring (bicyclic) bond motifs is 3. The summed E-state index contributed by atoms with van der Waals surface area (Å²) in [4.78, 5) is 61.7. The molecule has 0 aliphatic carbocycles. The average molecular weight is 608 g/mol. The van der Waals surface area contributed by atoms with Crippen LogP contribution in [0, 0.1) is 12.8 Å². The van der Waals surface area contributed by atoms with Crippen molar-refractivity contribution < 1.29 is 33.4 Å². The molecule has 234 valence electrons. The predicted molar refractivity (Wildman–Crippen MR) is 157 cm³/mol. The second kappa shape index (κ2) is 14.4. The first-order chi connectivity index (χ1) is 21.1. The molecule has 14 heteroatoms. The standard InChI is InChI=1S/C30H37N7O7/c1-18(2)26-27-33-19(3)35-37(27)13-14-44-24-15-20(8-10-23(24)42-4)28(39)31-11-6-12-36(17-25(38)34-26)29(40)22-9-7-21(16-32-22)30(41)43-5/h7-10,15-16,18,26H,6,11-14,17H2,1-5H3,(H,31,39)(H,34,38)/t26-/m0/s1. The monoisotopic (exact) mass is 607 g/mol. The van der Waals surface area contributed by atoms with Crippen LogP contribution < -0.4 is 20.1 Å². The fourth-order valence-electron chi connectivity index (χ4n) is 4.71.